The lowest BCUT2D eigenvalue weighted by Gasteiger charge is -2.31. The lowest BCUT2D eigenvalue weighted by atomic mass is 10.3. The van der Waals surface area contributed by atoms with Crippen LogP contribution in [0.5, 0.6) is 5.75 Å². The molecule has 1 aliphatic rings. The van der Waals surface area contributed by atoms with Gasteiger partial charge in [-0.05, 0) is 18.2 Å². The fraction of sp³-hybridized carbons (Fsp3) is 0.500. The van der Waals surface area contributed by atoms with Gasteiger partial charge in [0.1, 0.15) is 12.4 Å². The molecule has 1 fully saturated rings. The molecule has 0 amide bonds. The van der Waals surface area contributed by atoms with E-state index in [1.165, 1.54) is 7.11 Å². The molecule has 0 aliphatic carbocycles. The van der Waals surface area contributed by atoms with Crippen LogP contribution in [-0.2, 0) is 14.3 Å². The maximum Gasteiger partial charge on any atom is 0.336 e. The van der Waals surface area contributed by atoms with Crippen molar-refractivity contribution in [2.75, 3.05) is 40.0 Å². The molecule has 0 aromatic heterocycles. The van der Waals surface area contributed by atoms with Gasteiger partial charge in [-0.15, -0.1) is 0 Å². The maximum absolute atomic E-state index is 11.4. The molecule has 1 heterocycles. The number of benzene rings is 1. The van der Waals surface area contributed by atoms with Gasteiger partial charge in [0.15, 0.2) is 6.10 Å². The Labute approximate surface area is 123 Å². The topological polar surface area (TPSA) is 48.0 Å². The summed E-state index contributed by atoms with van der Waals surface area (Å²) in [5.74, 6) is 0.417. The van der Waals surface area contributed by atoms with Gasteiger partial charge in [0, 0.05) is 24.7 Å². The number of ether oxygens (including phenoxy) is 3. The summed E-state index contributed by atoms with van der Waals surface area (Å²) >= 11 is 5.88. The van der Waals surface area contributed by atoms with Crippen molar-refractivity contribution < 1.29 is 19.0 Å². The number of methoxy groups -OCH3 is 1. The number of nitrogens with zero attached hydrogens (tertiary/aromatic N) is 1. The van der Waals surface area contributed by atoms with Crippen LogP contribution in [0, 0.1) is 0 Å². The summed E-state index contributed by atoms with van der Waals surface area (Å²) in [6, 6.07) is 7.29. The van der Waals surface area contributed by atoms with Crippen molar-refractivity contribution in [2.45, 2.75) is 6.10 Å². The van der Waals surface area contributed by atoms with E-state index in [1.54, 1.807) is 12.1 Å². The first kappa shape index (κ1) is 15.1. The third-order valence-electron chi connectivity index (χ3n) is 3.09. The van der Waals surface area contributed by atoms with Crippen LogP contribution in [0.4, 0.5) is 0 Å². The van der Waals surface area contributed by atoms with Crippen LogP contribution in [0.3, 0.4) is 0 Å². The molecular weight excluding hydrogens is 282 g/mol. The number of rotatable bonds is 5. The zero-order valence-electron chi connectivity index (χ0n) is 11.4. The minimum atomic E-state index is -0.500. The van der Waals surface area contributed by atoms with Crippen molar-refractivity contribution in [2.24, 2.45) is 0 Å². The van der Waals surface area contributed by atoms with Crippen molar-refractivity contribution in [3.8, 4) is 5.75 Å². The molecule has 0 saturated carbocycles. The molecule has 1 aromatic rings. The molecule has 2 rings (SSSR count). The molecule has 1 atom stereocenters. The Hall–Kier alpha value is -1.30. The Morgan fingerprint density at radius 2 is 2.40 bits per heavy atom. The lowest BCUT2D eigenvalue weighted by Crippen LogP contribution is -2.47. The quantitative estimate of drug-likeness (QED) is 0.773. The Bertz CT molecular complexity index is 455. The third kappa shape index (κ3) is 4.37. The number of carbonyl (C=O) groups excluding carboxylic acids is 1. The third-order valence-corrected chi connectivity index (χ3v) is 3.32. The Morgan fingerprint density at radius 1 is 1.55 bits per heavy atom. The SMILES string of the molecule is COC(=O)C1CN(CCOc2cccc(Cl)c2)CCO1. The maximum atomic E-state index is 11.4. The van der Waals surface area contributed by atoms with E-state index in [0.717, 1.165) is 18.8 Å². The summed E-state index contributed by atoms with van der Waals surface area (Å²) in [6.45, 7) is 3.10. The number of carbonyl (C=O) groups is 1. The molecule has 1 aliphatic heterocycles. The highest BCUT2D eigenvalue weighted by Crippen LogP contribution is 2.17. The number of halogens is 1. The minimum absolute atomic E-state index is 0.328. The molecular formula is C14H18ClNO4. The van der Waals surface area contributed by atoms with Gasteiger partial charge in [0.05, 0.1) is 13.7 Å². The number of hydrogen-bond acceptors (Lipinski definition) is 5. The highest BCUT2D eigenvalue weighted by molar-refractivity contribution is 6.30. The van der Waals surface area contributed by atoms with E-state index < -0.39 is 6.10 Å². The molecule has 110 valence electrons. The Balaban J connectivity index is 1.75. The predicted molar refractivity (Wildman–Crippen MR) is 75.1 cm³/mol. The van der Waals surface area contributed by atoms with Gasteiger partial charge in [-0.3, -0.25) is 4.90 Å². The van der Waals surface area contributed by atoms with Crippen molar-refractivity contribution in [3.05, 3.63) is 29.3 Å². The molecule has 20 heavy (non-hydrogen) atoms. The number of esters is 1. The molecule has 1 saturated heterocycles. The normalized spacial score (nSPS) is 19.6. The summed E-state index contributed by atoms with van der Waals surface area (Å²) in [6.07, 6.45) is -0.500. The molecule has 0 N–H and O–H groups in total. The van der Waals surface area contributed by atoms with Crippen molar-refractivity contribution in [1.29, 1.82) is 0 Å². The fourth-order valence-corrected chi connectivity index (χ4v) is 2.21. The first-order valence-corrected chi connectivity index (χ1v) is 6.87. The summed E-state index contributed by atoms with van der Waals surface area (Å²) < 4.78 is 15.7. The summed E-state index contributed by atoms with van der Waals surface area (Å²) in [7, 11) is 1.37. The van der Waals surface area contributed by atoms with Crippen LogP contribution in [0.25, 0.3) is 0 Å². The van der Waals surface area contributed by atoms with Crippen LogP contribution in [0.2, 0.25) is 5.02 Å². The summed E-state index contributed by atoms with van der Waals surface area (Å²) in [4.78, 5) is 13.5. The van der Waals surface area contributed by atoms with Gasteiger partial charge < -0.3 is 14.2 Å². The predicted octanol–water partition coefficient (Wildman–Crippen LogP) is 1.59. The van der Waals surface area contributed by atoms with E-state index in [9.17, 15) is 4.79 Å². The number of morpholine rings is 1. The molecule has 1 aromatic carbocycles. The van der Waals surface area contributed by atoms with Gasteiger partial charge in [-0.1, -0.05) is 17.7 Å². The molecule has 0 bridgehead atoms. The van der Waals surface area contributed by atoms with Crippen LogP contribution in [-0.4, -0.2) is 56.9 Å². The molecule has 0 radical (unpaired) electrons. The fourth-order valence-electron chi connectivity index (χ4n) is 2.03. The minimum Gasteiger partial charge on any atom is -0.492 e. The average molecular weight is 300 g/mol. The summed E-state index contributed by atoms with van der Waals surface area (Å²) in [5.41, 5.74) is 0. The van der Waals surface area contributed by atoms with Crippen molar-refractivity contribution in [3.63, 3.8) is 0 Å². The first-order valence-electron chi connectivity index (χ1n) is 6.49. The monoisotopic (exact) mass is 299 g/mol. The highest BCUT2D eigenvalue weighted by atomic mass is 35.5. The largest absolute Gasteiger partial charge is 0.492 e. The molecule has 0 spiro atoms. The number of hydrogen-bond donors (Lipinski definition) is 0. The smallest absolute Gasteiger partial charge is 0.336 e. The average Bonchev–Trinajstić information content (AvgIpc) is 2.47. The second-order valence-electron chi connectivity index (χ2n) is 4.49. The second-order valence-corrected chi connectivity index (χ2v) is 4.93. The highest BCUT2D eigenvalue weighted by Gasteiger charge is 2.26. The zero-order chi connectivity index (χ0) is 14.4. The van der Waals surface area contributed by atoms with Crippen LogP contribution < -0.4 is 4.74 Å². The van der Waals surface area contributed by atoms with Gasteiger partial charge in [-0.25, -0.2) is 4.79 Å². The standard InChI is InChI=1S/C14H18ClNO4/c1-18-14(17)13-10-16(6-8-20-13)5-7-19-12-4-2-3-11(15)9-12/h2-4,9,13H,5-8,10H2,1H3. The molecule has 6 heteroatoms. The van der Waals surface area contributed by atoms with Crippen LogP contribution in [0.1, 0.15) is 0 Å². The van der Waals surface area contributed by atoms with Gasteiger partial charge in [-0.2, -0.15) is 0 Å². The van der Waals surface area contributed by atoms with E-state index in [4.69, 9.17) is 21.1 Å². The molecule has 1 unspecified atom stereocenters. The van der Waals surface area contributed by atoms with E-state index in [0.29, 0.717) is 24.8 Å². The first-order chi connectivity index (χ1) is 9.69. The Kier molecular flexibility index (Phi) is 5.64. The zero-order valence-corrected chi connectivity index (χ0v) is 12.1. The van der Waals surface area contributed by atoms with E-state index >= 15 is 0 Å². The summed E-state index contributed by atoms with van der Waals surface area (Å²) in [5, 5.41) is 0.652. The Morgan fingerprint density at radius 3 is 3.15 bits per heavy atom. The van der Waals surface area contributed by atoms with Crippen LogP contribution >= 0.6 is 11.6 Å². The van der Waals surface area contributed by atoms with Gasteiger partial charge in [0.2, 0.25) is 0 Å². The van der Waals surface area contributed by atoms with E-state index in [-0.39, 0.29) is 5.97 Å². The lowest BCUT2D eigenvalue weighted by molar-refractivity contribution is -0.159. The van der Waals surface area contributed by atoms with Crippen molar-refractivity contribution >= 4 is 17.6 Å². The molecule has 5 nitrogen and oxygen atoms in total. The van der Waals surface area contributed by atoms with Gasteiger partial charge >= 0.3 is 5.97 Å². The van der Waals surface area contributed by atoms with Crippen molar-refractivity contribution in [1.82, 2.24) is 4.90 Å². The second kappa shape index (κ2) is 7.47. The van der Waals surface area contributed by atoms with E-state index in [1.807, 2.05) is 12.1 Å². The van der Waals surface area contributed by atoms with E-state index in [2.05, 4.69) is 9.64 Å². The van der Waals surface area contributed by atoms with Crippen LogP contribution in [0.15, 0.2) is 24.3 Å². The van der Waals surface area contributed by atoms with Gasteiger partial charge in [0.25, 0.3) is 0 Å².